The van der Waals surface area contributed by atoms with Gasteiger partial charge < -0.3 is 15.4 Å². The third-order valence-electron chi connectivity index (χ3n) is 4.62. The van der Waals surface area contributed by atoms with E-state index in [1.165, 1.54) is 6.92 Å². The first kappa shape index (κ1) is 23.1. The molecule has 0 spiro atoms. The predicted molar refractivity (Wildman–Crippen MR) is 116 cm³/mol. The summed E-state index contributed by atoms with van der Waals surface area (Å²) in [5.41, 5.74) is 1.81. The Labute approximate surface area is 178 Å². The van der Waals surface area contributed by atoms with Gasteiger partial charge in [-0.15, -0.1) is 0 Å². The Kier molecular flexibility index (Phi) is 9.06. The zero-order valence-corrected chi connectivity index (χ0v) is 17.8. The Hall–Kier alpha value is -3.15. The Morgan fingerprint density at radius 3 is 1.93 bits per heavy atom. The molecule has 30 heavy (non-hydrogen) atoms. The van der Waals surface area contributed by atoms with Crippen LogP contribution in [0, 0.1) is 5.92 Å². The highest BCUT2D eigenvalue weighted by Gasteiger charge is 2.26. The van der Waals surface area contributed by atoms with Gasteiger partial charge in [0.1, 0.15) is 12.6 Å². The van der Waals surface area contributed by atoms with Crippen LogP contribution >= 0.6 is 0 Å². The maximum Gasteiger partial charge on any atom is 0.408 e. The fraction of sp³-hybridized carbons (Fsp3) is 0.375. The summed E-state index contributed by atoms with van der Waals surface area (Å²) in [6, 6.07) is 17.4. The summed E-state index contributed by atoms with van der Waals surface area (Å²) in [6.07, 6.45) is 0.166. The lowest BCUT2D eigenvalue weighted by Crippen LogP contribution is -2.52. The van der Waals surface area contributed by atoms with Crippen LogP contribution in [0.15, 0.2) is 60.7 Å². The van der Waals surface area contributed by atoms with Crippen LogP contribution in [0.3, 0.4) is 0 Å². The molecule has 0 unspecified atom stereocenters. The number of hydrogen-bond donors (Lipinski definition) is 2. The van der Waals surface area contributed by atoms with Crippen molar-refractivity contribution in [1.29, 1.82) is 0 Å². The van der Waals surface area contributed by atoms with Gasteiger partial charge in [-0.3, -0.25) is 9.59 Å². The molecule has 0 saturated carbocycles. The summed E-state index contributed by atoms with van der Waals surface area (Å²) in [7, 11) is 0. The van der Waals surface area contributed by atoms with Crippen molar-refractivity contribution in [2.75, 3.05) is 0 Å². The molecular weight excluding hydrogens is 380 g/mol. The number of hydrogen-bond acceptors (Lipinski definition) is 4. The van der Waals surface area contributed by atoms with E-state index in [0.717, 1.165) is 11.1 Å². The summed E-state index contributed by atoms with van der Waals surface area (Å²) in [5.74, 6) is -0.362. The molecule has 2 rings (SSSR count). The van der Waals surface area contributed by atoms with Gasteiger partial charge in [0, 0.05) is 0 Å². The van der Waals surface area contributed by atoms with E-state index in [0.29, 0.717) is 12.8 Å². The Morgan fingerprint density at radius 1 is 0.833 bits per heavy atom. The highest BCUT2D eigenvalue weighted by Crippen LogP contribution is 2.09. The van der Waals surface area contributed by atoms with Crippen LogP contribution in [0.4, 0.5) is 4.79 Å². The standard InChI is InChI=1S/C24H30N2O4/c1-17(2)14-22(26-24(29)30-16-20-12-8-5-9-13-20)23(28)25-21(18(3)27)15-19-10-6-4-7-11-19/h4-13,17,21-22H,14-16H2,1-3H3,(H,25,28)(H,26,29)/t21-,22-/m0/s1. The van der Waals surface area contributed by atoms with Crippen LogP contribution in [0.2, 0.25) is 0 Å². The number of ether oxygens (including phenoxy) is 1. The van der Waals surface area contributed by atoms with E-state index in [1.54, 1.807) is 0 Å². The molecule has 2 aromatic carbocycles. The van der Waals surface area contributed by atoms with Crippen molar-refractivity contribution in [3.05, 3.63) is 71.8 Å². The molecule has 0 fully saturated rings. The Morgan fingerprint density at radius 2 is 1.40 bits per heavy atom. The number of carbonyl (C=O) groups is 3. The molecule has 0 aliphatic heterocycles. The van der Waals surface area contributed by atoms with Crippen LogP contribution in [0.5, 0.6) is 0 Å². The van der Waals surface area contributed by atoms with Crippen molar-refractivity contribution >= 4 is 17.8 Å². The number of ketones is 1. The first-order valence-corrected chi connectivity index (χ1v) is 10.2. The third-order valence-corrected chi connectivity index (χ3v) is 4.62. The predicted octanol–water partition coefficient (Wildman–Crippen LogP) is 3.64. The number of rotatable bonds is 10. The average Bonchev–Trinajstić information content (AvgIpc) is 2.72. The van der Waals surface area contributed by atoms with Gasteiger partial charge in [0.2, 0.25) is 5.91 Å². The van der Waals surface area contributed by atoms with Crippen molar-refractivity contribution < 1.29 is 19.1 Å². The number of amides is 2. The van der Waals surface area contributed by atoms with E-state index >= 15 is 0 Å². The molecule has 6 heteroatoms. The molecule has 0 aliphatic carbocycles. The van der Waals surface area contributed by atoms with Crippen LogP contribution in [-0.4, -0.2) is 29.9 Å². The summed E-state index contributed by atoms with van der Waals surface area (Å²) in [6.45, 7) is 5.49. The lowest BCUT2D eigenvalue weighted by molar-refractivity contribution is -0.128. The van der Waals surface area contributed by atoms with Gasteiger partial charge in [0.15, 0.2) is 5.78 Å². The number of alkyl carbamates (subject to hydrolysis) is 1. The zero-order valence-electron chi connectivity index (χ0n) is 17.8. The Bertz CT molecular complexity index is 822. The second-order valence-electron chi connectivity index (χ2n) is 7.75. The zero-order chi connectivity index (χ0) is 21.9. The molecule has 6 nitrogen and oxygen atoms in total. The van der Waals surface area contributed by atoms with Crippen LogP contribution < -0.4 is 10.6 Å². The monoisotopic (exact) mass is 410 g/mol. The molecule has 0 heterocycles. The minimum atomic E-state index is -0.786. The molecule has 0 radical (unpaired) electrons. The van der Waals surface area contributed by atoms with Gasteiger partial charge in [-0.05, 0) is 36.8 Å². The first-order valence-electron chi connectivity index (χ1n) is 10.2. The van der Waals surface area contributed by atoms with Crippen molar-refractivity contribution in [2.24, 2.45) is 5.92 Å². The van der Waals surface area contributed by atoms with E-state index < -0.39 is 24.1 Å². The summed E-state index contributed by atoms with van der Waals surface area (Å²) < 4.78 is 5.24. The first-order chi connectivity index (χ1) is 14.3. The molecule has 160 valence electrons. The van der Waals surface area contributed by atoms with Gasteiger partial charge >= 0.3 is 6.09 Å². The number of benzene rings is 2. The topological polar surface area (TPSA) is 84.5 Å². The third kappa shape index (κ3) is 8.07. The van der Waals surface area contributed by atoms with E-state index in [9.17, 15) is 14.4 Å². The molecule has 2 atom stereocenters. The molecule has 2 aromatic rings. The van der Waals surface area contributed by atoms with E-state index in [1.807, 2.05) is 74.5 Å². The second-order valence-corrected chi connectivity index (χ2v) is 7.75. The minimum Gasteiger partial charge on any atom is -0.445 e. The van der Waals surface area contributed by atoms with Crippen molar-refractivity contribution in [3.63, 3.8) is 0 Å². The Balaban J connectivity index is 1.98. The number of Topliss-reactive ketones (excluding diaryl/α,β-unsaturated/α-hetero) is 1. The molecule has 0 aromatic heterocycles. The molecule has 0 aliphatic rings. The van der Waals surface area contributed by atoms with Gasteiger partial charge in [-0.1, -0.05) is 74.5 Å². The van der Waals surface area contributed by atoms with Crippen molar-refractivity contribution in [2.45, 2.75) is 52.3 Å². The van der Waals surface area contributed by atoms with Crippen LogP contribution in [0.1, 0.15) is 38.3 Å². The van der Waals surface area contributed by atoms with E-state index in [2.05, 4.69) is 10.6 Å². The SMILES string of the molecule is CC(=O)[C@H](Cc1ccccc1)NC(=O)[C@H](CC(C)C)NC(=O)OCc1ccccc1. The smallest absolute Gasteiger partial charge is 0.408 e. The lowest BCUT2D eigenvalue weighted by atomic mass is 10.00. The largest absolute Gasteiger partial charge is 0.445 e. The summed E-state index contributed by atoms with van der Waals surface area (Å²) in [4.78, 5) is 37.2. The second kappa shape index (κ2) is 11.8. The average molecular weight is 411 g/mol. The van der Waals surface area contributed by atoms with Crippen molar-refractivity contribution in [1.82, 2.24) is 10.6 Å². The molecule has 0 bridgehead atoms. The van der Waals surface area contributed by atoms with Gasteiger partial charge in [0.25, 0.3) is 0 Å². The van der Waals surface area contributed by atoms with E-state index in [-0.39, 0.29) is 18.3 Å². The molecular formula is C24H30N2O4. The lowest BCUT2D eigenvalue weighted by Gasteiger charge is -2.23. The summed E-state index contributed by atoms with van der Waals surface area (Å²) >= 11 is 0. The summed E-state index contributed by atoms with van der Waals surface area (Å²) in [5, 5.41) is 5.43. The minimum absolute atomic E-state index is 0.118. The highest BCUT2D eigenvalue weighted by molar-refractivity contribution is 5.91. The van der Waals surface area contributed by atoms with Gasteiger partial charge in [0.05, 0.1) is 6.04 Å². The highest BCUT2D eigenvalue weighted by atomic mass is 16.5. The maximum absolute atomic E-state index is 12.9. The maximum atomic E-state index is 12.9. The quantitative estimate of drug-likeness (QED) is 0.626. The fourth-order valence-electron chi connectivity index (χ4n) is 3.03. The molecule has 2 N–H and O–H groups in total. The molecule has 2 amide bonds. The molecule has 0 saturated heterocycles. The normalized spacial score (nSPS) is 12.7. The van der Waals surface area contributed by atoms with Crippen LogP contribution in [0.25, 0.3) is 0 Å². The number of nitrogens with one attached hydrogen (secondary N) is 2. The fourth-order valence-corrected chi connectivity index (χ4v) is 3.03. The van der Waals surface area contributed by atoms with Crippen LogP contribution in [-0.2, 0) is 27.4 Å². The van der Waals surface area contributed by atoms with Gasteiger partial charge in [-0.25, -0.2) is 4.79 Å². The number of carbonyl (C=O) groups excluding carboxylic acids is 3. The van der Waals surface area contributed by atoms with E-state index in [4.69, 9.17) is 4.74 Å². The van der Waals surface area contributed by atoms with Gasteiger partial charge in [-0.2, -0.15) is 0 Å². The van der Waals surface area contributed by atoms with Crippen molar-refractivity contribution in [3.8, 4) is 0 Å².